The topological polar surface area (TPSA) is 102 Å². The summed E-state index contributed by atoms with van der Waals surface area (Å²) in [5, 5.41) is 4.28. The van der Waals surface area contributed by atoms with Gasteiger partial charge in [0.2, 0.25) is 5.91 Å². The number of hydrogen-bond acceptors (Lipinski definition) is 6. The number of rotatable bonds is 8. The Balaban J connectivity index is 1.76. The summed E-state index contributed by atoms with van der Waals surface area (Å²) in [5.74, 6) is -1.51. The fourth-order valence-corrected chi connectivity index (χ4v) is 4.77. The number of hydrogen-bond donors (Lipinski definition) is 2. The number of thiophene rings is 1. The maximum absolute atomic E-state index is 13.2. The first-order chi connectivity index (χ1) is 15.3. The largest absolute Gasteiger partial charge is 0.465 e. The van der Waals surface area contributed by atoms with Crippen molar-refractivity contribution in [2.24, 2.45) is 0 Å². The molecule has 2 N–H and O–H groups in total. The Morgan fingerprint density at radius 2 is 1.94 bits per heavy atom. The molecule has 0 aliphatic rings. The SMILES string of the molecule is COC(=O)c1cc(CNC(=O)/C=C/c2cccc(F)c2)cc(NS(=O)(=O)c2cccs2)c1. The van der Waals surface area contributed by atoms with Crippen LogP contribution in [-0.2, 0) is 26.1 Å². The minimum atomic E-state index is -3.82. The Bertz CT molecular complexity index is 1260. The summed E-state index contributed by atoms with van der Waals surface area (Å²) in [5.41, 5.74) is 1.28. The zero-order valence-corrected chi connectivity index (χ0v) is 18.5. The fourth-order valence-electron chi connectivity index (χ4n) is 2.74. The first-order valence-electron chi connectivity index (χ1n) is 9.27. The molecule has 0 spiro atoms. The lowest BCUT2D eigenvalue weighted by Crippen LogP contribution is -2.21. The molecule has 1 heterocycles. The average molecular weight is 475 g/mol. The van der Waals surface area contributed by atoms with E-state index in [1.807, 2.05) is 0 Å². The predicted molar refractivity (Wildman–Crippen MR) is 120 cm³/mol. The van der Waals surface area contributed by atoms with Crippen molar-refractivity contribution in [3.63, 3.8) is 0 Å². The Morgan fingerprint density at radius 1 is 1.12 bits per heavy atom. The summed E-state index contributed by atoms with van der Waals surface area (Å²) in [4.78, 5) is 24.1. The number of amides is 1. The van der Waals surface area contributed by atoms with Gasteiger partial charge in [-0.3, -0.25) is 9.52 Å². The first-order valence-corrected chi connectivity index (χ1v) is 11.6. The van der Waals surface area contributed by atoms with Crippen molar-refractivity contribution in [3.05, 3.63) is 88.6 Å². The van der Waals surface area contributed by atoms with Crippen LogP contribution in [0.25, 0.3) is 6.08 Å². The van der Waals surface area contributed by atoms with Crippen molar-refractivity contribution >= 4 is 45.0 Å². The quantitative estimate of drug-likeness (QED) is 0.382. The van der Waals surface area contributed by atoms with Gasteiger partial charge in [0.05, 0.1) is 18.4 Å². The molecule has 3 aromatic rings. The van der Waals surface area contributed by atoms with Crippen LogP contribution in [0.2, 0.25) is 0 Å². The molecule has 0 aliphatic carbocycles. The van der Waals surface area contributed by atoms with Crippen LogP contribution in [0.3, 0.4) is 0 Å². The summed E-state index contributed by atoms with van der Waals surface area (Å²) in [6.07, 6.45) is 2.71. The third-order valence-corrected chi connectivity index (χ3v) is 6.95. The normalized spacial score (nSPS) is 11.3. The minimum Gasteiger partial charge on any atom is -0.465 e. The fraction of sp³-hybridized carbons (Fsp3) is 0.0909. The highest BCUT2D eigenvalue weighted by Crippen LogP contribution is 2.22. The van der Waals surface area contributed by atoms with Crippen LogP contribution >= 0.6 is 11.3 Å². The molecule has 0 aliphatic heterocycles. The predicted octanol–water partition coefficient (Wildman–Crippen LogP) is 3.80. The molecule has 0 bridgehead atoms. The highest BCUT2D eigenvalue weighted by molar-refractivity contribution is 7.94. The van der Waals surface area contributed by atoms with Crippen molar-refractivity contribution in [1.82, 2.24) is 5.32 Å². The van der Waals surface area contributed by atoms with Gasteiger partial charge in [-0.2, -0.15) is 0 Å². The van der Waals surface area contributed by atoms with Crippen LogP contribution in [0.1, 0.15) is 21.5 Å². The molecule has 32 heavy (non-hydrogen) atoms. The van der Waals surface area contributed by atoms with Gasteiger partial charge < -0.3 is 10.1 Å². The Labute approximate surface area is 188 Å². The first kappa shape index (κ1) is 23.2. The maximum Gasteiger partial charge on any atom is 0.337 e. The zero-order valence-electron chi connectivity index (χ0n) is 16.9. The summed E-state index contributed by atoms with van der Waals surface area (Å²) < 4.78 is 45.5. The van der Waals surface area contributed by atoms with E-state index < -0.39 is 27.7 Å². The molecule has 0 unspecified atom stereocenters. The lowest BCUT2D eigenvalue weighted by molar-refractivity contribution is -0.116. The lowest BCUT2D eigenvalue weighted by Gasteiger charge is -2.11. The van der Waals surface area contributed by atoms with Gasteiger partial charge in [-0.25, -0.2) is 17.6 Å². The maximum atomic E-state index is 13.2. The molecule has 0 saturated carbocycles. The van der Waals surface area contributed by atoms with Crippen molar-refractivity contribution in [1.29, 1.82) is 0 Å². The average Bonchev–Trinajstić information content (AvgIpc) is 3.31. The lowest BCUT2D eigenvalue weighted by atomic mass is 10.1. The Morgan fingerprint density at radius 3 is 2.62 bits per heavy atom. The van der Waals surface area contributed by atoms with Crippen LogP contribution in [0, 0.1) is 5.82 Å². The van der Waals surface area contributed by atoms with E-state index in [2.05, 4.69) is 10.0 Å². The van der Waals surface area contributed by atoms with Gasteiger partial charge >= 0.3 is 5.97 Å². The monoisotopic (exact) mass is 474 g/mol. The number of benzene rings is 2. The number of nitrogens with one attached hydrogen (secondary N) is 2. The molecular weight excluding hydrogens is 455 g/mol. The second kappa shape index (κ2) is 10.2. The van der Waals surface area contributed by atoms with Crippen molar-refractivity contribution in [2.75, 3.05) is 11.8 Å². The standard InChI is InChI=1S/C22H19FN2O5S2/c1-30-22(27)17-10-16(12-19(13-17)25-32(28,29)21-6-3-9-31-21)14-24-20(26)8-7-15-4-2-5-18(23)11-15/h2-13,25H,14H2,1H3,(H,24,26)/b8-7+. The molecule has 0 atom stereocenters. The highest BCUT2D eigenvalue weighted by atomic mass is 32.2. The molecule has 0 fully saturated rings. The van der Waals surface area contributed by atoms with Gasteiger partial charge in [0.15, 0.2) is 0 Å². The Hall–Kier alpha value is -3.50. The number of carbonyl (C=O) groups is 2. The van der Waals surface area contributed by atoms with Crippen LogP contribution in [0.4, 0.5) is 10.1 Å². The van der Waals surface area contributed by atoms with Gasteiger partial charge in [0, 0.05) is 12.6 Å². The van der Waals surface area contributed by atoms with Gasteiger partial charge in [0.25, 0.3) is 10.0 Å². The molecule has 166 valence electrons. The van der Waals surface area contributed by atoms with E-state index in [1.165, 1.54) is 61.7 Å². The molecule has 2 aromatic carbocycles. The van der Waals surface area contributed by atoms with E-state index in [4.69, 9.17) is 4.74 Å². The van der Waals surface area contributed by atoms with E-state index >= 15 is 0 Å². The molecule has 0 saturated heterocycles. The molecular formula is C22H19FN2O5S2. The van der Waals surface area contributed by atoms with Gasteiger partial charge in [0.1, 0.15) is 10.0 Å². The number of ether oxygens (including phenoxy) is 1. The van der Waals surface area contributed by atoms with Gasteiger partial charge in [-0.15, -0.1) is 11.3 Å². The van der Waals surface area contributed by atoms with E-state index in [-0.39, 0.29) is 22.0 Å². The number of sulfonamides is 1. The molecule has 3 rings (SSSR count). The van der Waals surface area contributed by atoms with Crippen LogP contribution in [-0.4, -0.2) is 27.4 Å². The molecule has 1 amide bonds. The van der Waals surface area contributed by atoms with E-state index in [0.29, 0.717) is 11.1 Å². The van der Waals surface area contributed by atoms with Gasteiger partial charge in [-0.05, 0) is 59.0 Å². The number of halogens is 1. The van der Waals surface area contributed by atoms with Crippen molar-refractivity contribution in [2.45, 2.75) is 10.8 Å². The number of esters is 1. The van der Waals surface area contributed by atoms with Crippen LogP contribution in [0.15, 0.2) is 70.3 Å². The molecule has 7 nitrogen and oxygen atoms in total. The minimum absolute atomic E-state index is 0.0187. The second-order valence-electron chi connectivity index (χ2n) is 6.55. The molecule has 0 radical (unpaired) electrons. The third-order valence-electron chi connectivity index (χ3n) is 4.17. The van der Waals surface area contributed by atoms with E-state index in [9.17, 15) is 22.4 Å². The van der Waals surface area contributed by atoms with E-state index in [1.54, 1.807) is 17.5 Å². The smallest absolute Gasteiger partial charge is 0.337 e. The highest BCUT2D eigenvalue weighted by Gasteiger charge is 2.17. The Kier molecular flexibility index (Phi) is 7.39. The second-order valence-corrected chi connectivity index (χ2v) is 9.41. The third kappa shape index (κ3) is 6.25. The zero-order chi connectivity index (χ0) is 23.1. The van der Waals surface area contributed by atoms with Crippen molar-refractivity contribution < 1.29 is 27.1 Å². The number of anilines is 1. The number of methoxy groups -OCH3 is 1. The number of carbonyl (C=O) groups excluding carboxylic acids is 2. The summed E-state index contributed by atoms with van der Waals surface area (Å²) in [7, 11) is -2.61. The van der Waals surface area contributed by atoms with Crippen LogP contribution in [0.5, 0.6) is 0 Å². The molecule has 10 heteroatoms. The molecule has 1 aromatic heterocycles. The summed E-state index contributed by atoms with van der Waals surface area (Å²) in [6, 6.07) is 13.2. The van der Waals surface area contributed by atoms with Crippen molar-refractivity contribution in [3.8, 4) is 0 Å². The van der Waals surface area contributed by atoms with E-state index in [0.717, 1.165) is 11.3 Å². The summed E-state index contributed by atoms with van der Waals surface area (Å²) in [6.45, 7) is 0.0187. The van der Waals surface area contributed by atoms with Crippen LogP contribution < -0.4 is 10.0 Å². The van der Waals surface area contributed by atoms with Gasteiger partial charge in [-0.1, -0.05) is 18.2 Å². The summed E-state index contributed by atoms with van der Waals surface area (Å²) >= 11 is 1.06.